The molecular weight excluding hydrogens is 390 g/mol. The van der Waals surface area contributed by atoms with Gasteiger partial charge in [-0.15, -0.1) is 0 Å². The number of nitrogens with zero attached hydrogens (tertiary/aromatic N) is 2. The van der Waals surface area contributed by atoms with Gasteiger partial charge in [0, 0.05) is 28.7 Å². The van der Waals surface area contributed by atoms with Crippen LogP contribution in [0.5, 0.6) is 11.5 Å². The zero-order valence-electron chi connectivity index (χ0n) is 15.1. The fraction of sp³-hybridized carbons (Fsp3) is 0.412. The lowest BCUT2D eigenvalue weighted by Gasteiger charge is -2.16. The number of aromatic nitrogens is 2. The van der Waals surface area contributed by atoms with Gasteiger partial charge in [-0.05, 0) is 13.8 Å². The van der Waals surface area contributed by atoms with Crippen LogP contribution in [0.1, 0.15) is 39.2 Å². The first-order chi connectivity index (χ1) is 12.9. The molecule has 1 aliphatic heterocycles. The van der Waals surface area contributed by atoms with E-state index in [4.69, 9.17) is 26.2 Å². The van der Waals surface area contributed by atoms with Gasteiger partial charge in [-0.1, -0.05) is 17.4 Å². The number of hydrogen-bond acceptors (Lipinski definition) is 9. The summed E-state index contributed by atoms with van der Waals surface area (Å²) < 4.78 is 15.8. The maximum atomic E-state index is 12.7. The number of hydrogen-bond donors (Lipinski definition) is 2. The number of phenols is 1. The smallest absolute Gasteiger partial charge is 0.339 e. The van der Waals surface area contributed by atoms with Gasteiger partial charge in [0.2, 0.25) is 5.89 Å². The zero-order chi connectivity index (χ0) is 19.6. The minimum Gasteiger partial charge on any atom is -0.507 e. The van der Waals surface area contributed by atoms with Crippen molar-refractivity contribution in [2.24, 2.45) is 0 Å². The minimum absolute atomic E-state index is 0.0168. The molecule has 10 heteroatoms. The number of phenolic OH excluding ortho intramolecular Hbond substituents is 1. The van der Waals surface area contributed by atoms with Crippen LogP contribution in [0, 0.1) is 13.8 Å². The van der Waals surface area contributed by atoms with Crippen LogP contribution in [0.15, 0.2) is 10.6 Å². The molecule has 0 amide bonds. The molecule has 1 aromatic heterocycles. The molecule has 0 bridgehead atoms. The number of cyclic esters (lactones) is 1. The van der Waals surface area contributed by atoms with Gasteiger partial charge < -0.3 is 24.4 Å². The summed E-state index contributed by atoms with van der Waals surface area (Å²) in [5.41, 5.74) is 1.41. The Bertz CT molecular complexity index is 884. The van der Waals surface area contributed by atoms with E-state index in [9.17, 15) is 9.90 Å². The van der Waals surface area contributed by atoms with Crippen molar-refractivity contribution in [3.63, 3.8) is 0 Å². The summed E-state index contributed by atoms with van der Waals surface area (Å²) >= 11 is 6.78. The molecule has 0 saturated heterocycles. The monoisotopic (exact) mass is 409 g/mol. The predicted molar refractivity (Wildman–Crippen MR) is 103 cm³/mol. The summed E-state index contributed by atoms with van der Waals surface area (Å²) in [7, 11) is 1.48. The Morgan fingerprint density at radius 1 is 1.44 bits per heavy atom. The Labute approximate surface area is 165 Å². The summed E-state index contributed by atoms with van der Waals surface area (Å²) in [6.45, 7) is 3.39. The number of aryl methyl sites for hydroxylation is 1. The summed E-state index contributed by atoms with van der Waals surface area (Å²) in [5, 5.41) is 17.3. The van der Waals surface area contributed by atoms with Crippen molar-refractivity contribution >= 4 is 34.9 Å². The Kier molecular flexibility index (Phi) is 5.85. The summed E-state index contributed by atoms with van der Waals surface area (Å²) in [6.07, 6.45) is 0. The van der Waals surface area contributed by atoms with Gasteiger partial charge in [-0.25, -0.2) is 4.79 Å². The first kappa shape index (κ1) is 19.4. The molecule has 3 rings (SSSR count). The number of fused-ring (bicyclic) bond motifs is 1. The van der Waals surface area contributed by atoms with E-state index in [2.05, 4.69) is 15.5 Å². The number of carbonyl (C=O) groups excluding carboxylic acids is 1. The van der Waals surface area contributed by atoms with Crippen LogP contribution in [-0.2, 0) is 10.5 Å². The molecule has 8 nitrogen and oxygen atoms in total. The van der Waals surface area contributed by atoms with Crippen LogP contribution in [0.25, 0.3) is 0 Å². The van der Waals surface area contributed by atoms with E-state index in [-0.39, 0.29) is 18.4 Å². The highest BCUT2D eigenvalue weighted by Crippen LogP contribution is 2.36. The van der Waals surface area contributed by atoms with Crippen molar-refractivity contribution in [1.29, 1.82) is 0 Å². The van der Waals surface area contributed by atoms with E-state index in [0.29, 0.717) is 50.6 Å². The molecule has 2 N–H and O–H groups in total. The summed E-state index contributed by atoms with van der Waals surface area (Å²) in [5.74, 6) is 1.70. The largest absolute Gasteiger partial charge is 0.507 e. The highest BCUT2D eigenvalue weighted by molar-refractivity contribution is 7.98. The van der Waals surface area contributed by atoms with Gasteiger partial charge in [-0.3, -0.25) is 0 Å². The zero-order valence-corrected chi connectivity index (χ0v) is 16.7. The second kappa shape index (κ2) is 8.13. The van der Waals surface area contributed by atoms with E-state index in [1.54, 1.807) is 13.8 Å². The molecule has 1 aromatic carbocycles. The number of methoxy groups -OCH3 is 1. The molecule has 27 heavy (non-hydrogen) atoms. The average molecular weight is 409 g/mol. The predicted octanol–water partition coefficient (Wildman–Crippen LogP) is 2.46. The third-order valence-corrected chi connectivity index (χ3v) is 5.39. The fourth-order valence-electron chi connectivity index (χ4n) is 2.78. The molecule has 1 atom stereocenters. The molecule has 0 fully saturated rings. The van der Waals surface area contributed by atoms with Crippen molar-refractivity contribution in [2.45, 2.75) is 25.6 Å². The Balaban J connectivity index is 1.95. The topological polar surface area (TPSA) is 107 Å². The highest BCUT2D eigenvalue weighted by Gasteiger charge is 2.26. The lowest BCUT2D eigenvalue weighted by Crippen LogP contribution is -2.32. The number of ether oxygens (including phenoxy) is 2. The molecule has 0 unspecified atom stereocenters. The van der Waals surface area contributed by atoms with Crippen molar-refractivity contribution in [2.75, 3.05) is 19.5 Å². The van der Waals surface area contributed by atoms with Crippen molar-refractivity contribution in [3.8, 4) is 11.5 Å². The van der Waals surface area contributed by atoms with Gasteiger partial charge in [0.15, 0.2) is 5.82 Å². The van der Waals surface area contributed by atoms with Crippen LogP contribution < -0.4 is 10.1 Å². The van der Waals surface area contributed by atoms with Crippen molar-refractivity contribution in [1.82, 2.24) is 15.5 Å². The van der Waals surface area contributed by atoms with Crippen LogP contribution in [0.2, 0.25) is 0 Å². The normalized spacial score (nSPS) is 18.1. The van der Waals surface area contributed by atoms with Crippen LogP contribution in [0.3, 0.4) is 0 Å². The number of thioether (sulfide) groups is 1. The van der Waals surface area contributed by atoms with Crippen molar-refractivity contribution in [3.05, 3.63) is 34.5 Å². The highest BCUT2D eigenvalue weighted by atomic mass is 32.2. The van der Waals surface area contributed by atoms with Gasteiger partial charge in [0.05, 0.1) is 12.7 Å². The number of thiocarbonyl (C=S) groups is 1. The number of aromatic hydroxyl groups is 1. The molecule has 0 saturated carbocycles. The van der Waals surface area contributed by atoms with Gasteiger partial charge in [0.1, 0.15) is 29.1 Å². The van der Waals surface area contributed by atoms with Gasteiger partial charge in [0.25, 0.3) is 0 Å². The SMILES string of the molecule is COc1cc(O)c2c(c1C)C(=O)OCC(=S)N[C@H](c1nc(C)no1)CSC2. The molecule has 0 aliphatic carbocycles. The third-order valence-electron chi connectivity index (χ3n) is 4.09. The lowest BCUT2D eigenvalue weighted by atomic mass is 10.0. The Morgan fingerprint density at radius 3 is 2.89 bits per heavy atom. The molecule has 1 aliphatic rings. The van der Waals surface area contributed by atoms with Gasteiger partial charge in [-0.2, -0.15) is 16.7 Å². The maximum Gasteiger partial charge on any atom is 0.339 e. The Hall–Kier alpha value is -2.33. The molecule has 2 aromatic rings. The van der Waals surface area contributed by atoms with Crippen molar-refractivity contribution < 1.29 is 23.9 Å². The minimum atomic E-state index is -0.562. The number of benzene rings is 1. The number of carbonyl (C=O) groups is 1. The quantitative estimate of drug-likeness (QED) is 0.567. The van der Waals surface area contributed by atoms with E-state index >= 15 is 0 Å². The molecule has 0 spiro atoms. The van der Waals surface area contributed by atoms with E-state index in [0.717, 1.165) is 0 Å². The van der Waals surface area contributed by atoms with Crippen LogP contribution >= 0.6 is 24.0 Å². The number of rotatable bonds is 2. The van der Waals surface area contributed by atoms with Crippen LogP contribution in [0.4, 0.5) is 0 Å². The third kappa shape index (κ3) is 4.16. The summed E-state index contributed by atoms with van der Waals surface area (Å²) in [4.78, 5) is 17.2. The van der Waals surface area contributed by atoms with E-state index in [1.807, 2.05) is 0 Å². The molecule has 2 heterocycles. The maximum absolute atomic E-state index is 12.7. The fourth-order valence-corrected chi connectivity index (χ4v) is 4.06. The number of esters is 1. The molecular formula is C17H19N3O5S2. The van der Waals surface area contributed by atoms with Gasteiger partial charge >= 0.3 is 5.97 Å². The molecule has 0 radical (unpaired) electrons. The lowest BCUT2D eigenvalue weighted by molar-refractivity contribution is 0.0559. The van der Waals surface area contributed by atoms with Crippen LogP contribution in [-0.4, -0.2) is 45.7 Å². The first-order valence-corrected chi connectivity index (χ1v) is 9.70. The van der Waals surface area contributed by atoms with E-state index < -0.39 is 5.97 Å². The second-order valence-electron chi connectivity index (χ2n) is 5.97. The molecule has 144 valence electrons. The number of nitrogens with one attached hydrogen (secondary N) is 1. The summed E-state index contributed by atoms with van der Waals surface area (Å²) in [6, 6.07) is 1.18. The first-order valence-electron chi connectivity index (χ1n) is 8.14. The average Bonchev–Trinajstić information content (AvgIpc) is 3.06. The second-order valence-corrected chi connectivity index (χ2v) is 7.49. The van der Waals surface area contributed by atoms with E-state index in [1.165, 1.54) is 24.9 Å². The Morgan fingerprint density at radius 2 is 2.22 bits per heavy atom. The standard InChI is InChI=1S/C17H19N3O5S2/c1-8-13(23-3)4-12(21)10-6-27-7-11(16-18-9(2)20-25-16)19-14(26)5-24-17(22)15(8)10/h4,11,21H,5-7H2,1-3H3,(H,19,26)/t11-/m0/s1.